The van der Waals surface area contributed by atoms with Crippen LogP contribution in [-0.4, -0.2) is 28.8 Å². The van der Waals surface area contributed by atoms with E-state index in [-0.39, 0.29) is 6.04 Å². The third kappa shape index (κ3) is 4.60. The minimum atomic E-state index is 0.285. The lowest BCUT2D eigenvalue weighted by molar-refractivity contribution is 0.636. The Morgan fingerprint density at radius 2 is 2.04 bits per heavy atom. The Morgan fingerprint density at radius 3 is 2.58 bits per heavy atom. The number of hydrogen-bond acceptors (Lipinski definition) is 3. The molecule has 0 spiro atoms. The molecule has 24 heavy (non-hydrogen) atoms. The standard InChI is InChI=1S/C18H29N5S/c1-7-15-8-9-16(24-15)11-20-18(19-5)21-12(2)10-17-13(3)22-23(6)14(17)4/h8-9,12H,7,10-11H2,1-6H3,(H2,19,20,21). The smallest absolute Gasteiger partial charge is 0.191 e. The molecule has 0 saturated carbocycles. The molecule has 0 fully saturated rings. The Hall–Kier alpha value is -1.82. The topological polar surface area (TPSA) is 54.2 Å². The maximum absolute atomic E-state index is 4.49. The second-order valence-corrected chi connectivity index (χ2v) is 7.42. The Morgan fingerprint density at radius 1 is 1.33 bits per heavy atom. The lowest BCUT2D eigenvalue weighted by atomic mass is 10.1. The van der Waals surface area contributed by atoms with Gasteiger partial charge in [-0.1, -0.05) is 6.92 Å². The SMILES string of the molecule is CCc1ccc(CNC(=NC)NC(C)Cc2c(C)nn(C)c2C)s1. The van der Waals surface area contributed by atoms with Gasteiger partial charge in [-0.25, -0.2) is 0 Å². The fraction of sp³-hybridized carbons (Fsp3) is 0.556. The van der Waals surface area contributed by atoms with Gasteiger partial charge < -0.3 is 10.6 Å². The van der Waals surface area contributed by atoms with Crippen molar-refractivity contribution in [3.8, 4) is 0 Å². The molecule has 6 heteroatoms. The summed E-state index contributed by atoms with van der Waals surface area (Å²) in [5, 5.41) is 11.4. The number of hydrogen-bond donors (Lipinski definition) is 2. The maximum Gasteiger partial charge on any atom is 0.191 e. The molecular weight excluding hydrogens is 318 g/mol. The van der Waals surface area contributed by atoms with Crippen LogP contribution in [0, 0.1) is 13.8 Å². The predicted molar refractivity (Wildman–Crippen MR) is 103 cm³/mol. The summed E-state index contributed by atoms with van der Waals surface area (Å²) in [5.41, 5.74) is 3.66. The van der Waals surface area contributed by atoms with Gasteiger partial charge in [-0.05, 0) is 51.3 Å². The second-order valence-electron chi connectivity index (χ2n) is 6.17. The first-order valence-electron chi connectivity index (χ1n) is 8.48. The molecule has 2 rings (SSSR count). The van der Waals surface area contributed by atoms with E-state index in [1.54, 1.807) is 0 Å². The summed E-state index contributed by atoms with van der Waals surface area (Å²) >= 11 is 1.86. The number of rotatable bonds is 6. The van der Waals surface area contributed by atoms with Crippen molar-refractivity contribution in [3.05, 3.63) is 38.8 Å². The molecule has 2 aromatic heterocycles. The molecule has 1 atom stereocenters. The van der Waals surface area contributed by atoms with Crippen molar-refractivity contribution in [2.45, 2.75) is 53.1 Å². The van der Waals surface area contributed by atoms with Crippen LogP contribution in [0.4, 0.5) is 0 Å². The van der Waals surface area contributed by atoms with Gasteiger partial charge in [0.1, 0.15) is 0 Å². The first kappa shape index (κ1) is 18.5. The van der Waals surface area contributed by atoms with Gasteiger partial charge in [0.15, 0.2) is 5.96 Å². The van der Waals surface area contributed by atoms with E-state index in [9.17, 15) is 0 Å². The molecule has 2 heterocycles. The minimum Gasteiger partial charge on any atom is -0.354 e. The van der Waals surface area contributed by atoms with E-state index in [4.69, 9.17) is 0 Å². The highest BCUT2D eigenvalue weighted by molar-refractivity contribution is 7.11. The average Bonchev–Trinajstić information content (AvgIpc) is 3.11. The maximum atomic E-state index is 4.49. The van der Waals surface area contributed by atoms with Crippen LogP contribution in [0.25, 0.3) is 0 Å². The van der Waals surface area contributed by atoms with Gasteiger partial charge in [-0.2, -0.15) is 5.10 Å². The molecule has 2 N–H and O–H groups in total. The minimum absolute atomic E-state index is 0.285. The molecule has 0 saturated heterocycles. The van der Waals surface area contributed by atoms with Crippen molar-refractivity contribution in [3.63, 3.8) is 0 Å². The number of nitrogens with one attached hydrogen (secondary N) is 2. The zero-order valence-electron chi connectivity index (χ0n) is 15.6. The first-order valence-corrected chi connectivity index (χ1v) is 9.30. The van der Waals surface area contributed by atoms with Crippen LogP contribution in [0.5, 0.6) is 0 Å². The zero-order chi connectivity index (χ0) is 17.7. The Balaban J connectivity index is 1.89. The van der Waals surface area contributed by atoms with E-state index >= 15 is 0 Å². The normalized spacial score (nSPS) is 13.2. The molecule has 2 aromatic rings. The summed E-state index contributed by atoms with van der Waals surface area (Å²) in [6, 6.07) is 4.68. The fourth-order valence-electron chi connectivity index (χ4n) is 2.78. The lowest BCUT2D eigenvalue weighted by Crippen LogP contribution is -2.42. The molecule has 0 aliphatic rings. The van der Waals surface area contributed by atoms with E-state index in [0.717, 1.165) is 31.0 Å². The van der Waals surface area contributed by atoms with Crippen LogP contribution in [-0.2, 0) is 26.4 Å². The van der Waals surface area contributed by atoms with Crippen molar-refractivity contribution in [2.75, 3.05) is 7.05 Å². The van der Waals surface area contributed by atoms with Gasteiger partial charge in [-0.15, -0.1) is 11.3 Å². The van der Waals surface area contributed by atoms with E-state index < -0.39 is 0 Å². The van der Waals surface area contributed by atoms with Gasteiger partial charge in [0.05, 0.1) is 12.2 Å². The predicted octanol–water partition coefficient (Wildman–Crippen LogP) is 2.96. The summed E-state index contributed by atoms with van der Waals surface area (Å²) < 4.78 is 1.95. The van der Waals surface area contributed by atoms with E-state index in [2.05, 4.69) is 60.6 Å². The summed E-state index contributed by atoms with van der Waals surface area (Å²) in [6.07, 6.45) is 2.03. The van der Waals surface area contributed by atoms with Crippen LogP contribution in [0.15, 0.2) is 17.1 Å². The number of aromatic nitrogens is 2. The Labute approximate surface area is 149 Å². The molecular formula is C18H29N5S. The monoisotopic (exact) mass is 347 g/mol. The number of nitrogens with zero attached hydrogens (tertiary/aromatic N) is 3. The molecule has 0 bridgehead atoms. The zero-order valence-corrected chi connectivity index (χ0v) is 16.4. The van der Waals surface area contributed by atoms with Gasteiger partial charge in [0.2, 0.25) is 0 Å². The third-order valence-electron chi connectivity index (χ3n) is 4.27. The van der Waals surface area contributed by atoms with Crippen LogP contribution in [0.3, 0.4) is 0 Å². The van der Waals surface area contributed by atoms with Crippen LogP contribution in [0.2, 0.25) is 0 Å². The van der Waals surface area contributed by atoms with Crippen LogP contribution >= 0.6 is 11.3 Å². The van der Waals surface area contributed by atoms with E-state index in [0.29, 0.717) is 0 Å². The first-order chi connectivity index (χ1) is 11.4. The molecule has 5 nitrogen and oxygen atoms in total. The molecule has 1 unspecified atom stereocenters. The van der Waals surface area contributed by atoms with Crippen molar-refractivity contribution in [2.24, 2.45) is 12.0 Å². The van der Waals surface area contributed by atoms with Gasteiger partial charge in [-0.3, -0.25) is 9.67 Å². The summed E-state index contributed by atoms with van der Waals surface area (Å²) in [5.74, 6) is 0.841. The van der Waals surface area contributed by atoms with E-state index in [1.807, 2.05) is 30.1 Å². The highest BCUT2D eigenvalue weighted by Crippen LogP contribution is 2.16. The lowest BCUT2D eigenvalue weighted by Gasteiger charge is -2.18. The largest absolute Gasteiger partial charge is 0.354 e. The van der Waals surface area contributed by atoms with Gasteiger partial charge in [0.25, 0.3) is 0 Å². The Kier molecular flexibility index (Phi) is 6.43. The highest BCUT2D eigenvalue weighted by atomic mass is 32.1. The van der Waals surface area contributed by atoms with E-state index in [1.165, 1.54) is 21.0 Å². The van der Waals surface area contributed by atoms with Crippen molar-refractivity contribution >= 4 is 17.3 Å². The van der Waals surface area contributed by atoms with Crippen LogP contribution in [0.1, 0.15) is 40.6 Å². The summed E-state index contributed by atoms with van der Waals surface area (Å²) in [4.78, 5) is 7.10. The number of aryl methyl sites for hydroxylation is 3. The third-order valence-corrected chi connectivity index (χ3v) is 5.50. The second kappa shape index (κ2) is 8.33. The van der Waals surface area contributed by atoms with Crippen LogP contribution < -0.4 is 10.6 Å². The molecule has 0 radical (unpaired) electrons. The average molecular weight is 348 g/mol. The number of aliphatic imine (C=N–C) groups is 1. The molecule has 0 aromatic carbocycles. The molecule has 132 valence electrons. The van der Waals surface area contributed by atoms with Crippen molar-refractivity contribution in [1.82, 2.24) is 20.4 Å². The fourth-order valence-corrected chi connectivity index (χ4v) is 3.67. The molecule has 0 aliphatic heterocycles. The molecule has 0 aliphatic carbocycles. The van der Waals surface area contributed by atoms with Crippen molar-refractivity contribution in [1.29, 1.82) is 0 Å². The summed E-state index contributed by atoms with van der Waals surface area (Å²) in [6.45, 7) is 9.37. The molecule has 0 amide bonds. The Bertz CT molecular complexity index is 698. The quantitative estimate of drug-likeness (QED) is 0.624. The number of thiophene rings is 1. The number of guanidine groups is 1. The van der Waals surface area contributed by atoms with Gasteiger partial charge >= 0.3 is 0 Å². The van der Waals surface area contributed by atoms with Crippen molar-refractivity contribution < 1.29 is 0 Å². The van der Waals surface area contributed by atoms with Gasteiger partial charge in [0, 0.05) is 35.6 Å². The highest BCUT2D eigenvalue weighted by Gasteiger charge is 2.14. The summed E-state index contributed by atoms with van der Waals surface area (Å²) in [7, 11) is 3.81.